The van der Waals surface area contributed by atoms with Crippen molar-refractivity contribution >= 4 is 34.1 Å². The summed E-state index contributed by atoms with van der Waals surface area (Å²) in [6.45, 7) is 0. The summed E-state index contributed by atoms with van der Waals surface area (Å²) in [4.78, 5) is 12.5. The first-order valence-corrected chi connectivity index (χ1v) is 5.56. The van der Waals surface area contributed by atoms with Crippen molar-refractivity contribution in [2.45, 2.75) is 4.90 Å². The van der Waals surface area contributed by atoms with E-state index in [4.69, 9.17) is 5.26 Å². The largest absolute Gasteiger partial charge is 0.321 e. The Kier molecular flexibility index (Phi) is 1.88. The molecule has 0 saturated carbocycles. The third kappa shape index (κ3) is 1.12. The molecule has 0 spiro atoms. The molecular formula is C12H6N2OS. The van der Waals surface area contributed by atoms with Crippen LogP contribution in [0.3, 0.4) is 0 Å². The van der Waals surface area contributed by atoms with Crippen LogP contribution >= 0.6 is 11.8 Å². The Morgan fingerprint density at radius 1 is 1.25 bits per heavy atom. The summed E-state index contributed by atoms with van der Waals surface area (Å²) < 4.78 is 0. The highest BCUT2D eigenvalue weighted by Gasteiger charge is 2.21. The van der Waals surface area contributed by atoms with Gasteiger partial charge >= 0.3 is 0 Å². The molecule has 0 radical (unpaired) electrons. The van der Waals surface area contributed by atoms with Crippen LogP contribution in [-0.2, 0) is 0 Å². The number of anilines is 1. The van der Waals surface area contributed by atoms with Gasteiger partial charge in [0.1, 0.15) is 5.40 Å². The molecule has 76 valence electrons. The predicted molar refractivity (Wildman–Crippen MR) is 63.4 cm³/mol. The van der Waals surface area contributed by atoms with Gasteiger partial charge in [-0.25, -0.2) is 0 Å². The first-order chi connectivity index (χ1) is 7.81. The van der Waals surface area contributed by atoms with Crippen LogP contribution < -0.4 is 5.32 Å². The van der Waals surface area contributed by atoms with E-state index >= 15 is 0 Å². The summed E-state index contributed by atoms with van der Waals surface area (Å²) in [5, 5.41) is 15.5. The third-order valence-electron chi connectivity index (χ3n) is 2.65. The molecule has 0 bridgehead atoms. The molecule has 0 unspecified atom stereocenters. The molecule has 1 heterocycles. The van der Waals surface area contributed by atoms with Gasteiger partial charge in [0.25, 0.3) is 5.91 Å². The highest BCUT2D eigenvalue weighted by molar-refractivity contribution is 8.04. The number of hydrogen-bond acceptors (Lipinski definition) is 3. The number of benzene rings is 2. The van der Waals surface area contributed by atoms with E-state index in [0.717, 1.165) is 33.1 Å². The number of carbonyl (C=O) groups excluding carboxylic acids is 1. The summed E-state index contributed by atoms with van der Waals surface area (Å²) in [7, 11) is 0. The SMILES string of the molecule is N#CSc1ccc2c3c(cccc13)C(=O)N2. The van der Waals surface area contributed by atoms with E-state index in [9.17, 15) is 4.79 Å². The highest BCUT2D eigenvalue weighted by atomic mass is 32.2. The van der Waals surface area contributed by atoms with E-state index in [1.54, 1.807) is 6.07 Å². The van der Waals surface area contributed by atoms with Crippen LogP contribution in [0.1, 0.15) is 10.4 Å². The molecule has 3 nitrogen and oxygen atoms in total. The first kappa shape index (κ1) is 9.25. The summed E-state index contributed by atoms with van der Waals surface area (Å²) in [5.41, 5.74) is 1.52. The van der Waals surface area contributed by atoms with Gasteiger partial charge in [0.2, 0.25) is 0 Å². The van der Waals surface area contributed by atoms with Gasteiger partial charge in [-0.15, -0.1) is 0 Å². The summed E-state index contributed by atoms with van der Waals surface area (Å²) in [6.07, 6.45) is 0. The van der Waals surface area contributed by atoms with Crippen molar-refractivity contribution in [1.29, 1.82) is 5.26 Å². The molecule has 2 aromatic carbocycles. The van der Waals surface area contributed by atoms with E-state index in [1.165, 1.54) is 0 Å². The Morgan fingerprint density at radius 2 is 2.12 bits per heavy atom. The topological polar surface area (TPSA) is 52.9 Å². The number of amides is 1. The minimum absolute atomic E-state index is 0.0697. The molecule has 1 amide bonds. The zero-order valence-electron chi connectivity index (χ0n) is 8.15. The average Bonchev–Trinajstić information content (AvgIpc) is 2.62. The quantitative estimate of drug-likeness (QED) is 0.600. The van der Waals surface area contributed by atoms with Crippen molar-refractivity contribution in [2.24, 2.45) is 0 Å². The van der Waals surface area contributed by atoms with Crippen molar-refractivity contribution in [3.05, 3.63) is 35.9 Å². The molecule has 3 rings (SSSR count). The lowest BCUT2D eigenvalue weighted by Crippen LogP contribution is -2.03. The zero-order chi connectivity index (χ0) is 11.1. The molecule has 0 aliphatic carbocycles. The van der Waals surface area contributed by atoms with Crippen LogP contribution in [-0.4, -0.2) is 5.91 Å². The maximum atomic E-state index is 11.6. The van der Waals surface area contributed by atoms with E-state index in [1.807, 2.05) is 24.3 Å². The number of nitrogens with zero attached hydrogens (tertiary/aromatic N) is 1. The van der Waals surface area contributed by atoms with Crippen LogP contribution in [0.15, 0.2) is 35.2 Å². The van der Waals surface area contributed by atoms with Crippen LogP contribution in [0.25, 0.3) is 10.8 Å². The number of carbonyl (C=O) groups is 1. The Morgan fingerprint density at radius 3 is 2.94 bits per heavy atom. The molecule has 2 aromatic rings. The molecular weight excluding hydrogens is 220 g/mol. The molecule has 0 saturated heterocycles. The summed E-state index contributed by atoms with van der Waals surface area (Å²) >= 11 is 1.12. The monoisotopic (exact) mass is 226 g/mol. The van der Waals surface area contributed by atoms with Crippen LogP contribution in [0.4, 0.5) is 5.69 Å². The fraction of sp³-hybridized carbons (Fsp3) is 0. The van der Waals surface area contributed by atoms with Gasteiger partial charge in [-0.3, -0.25) is 4.79 Å². The molecule has 4 heteroatoms. The van der Waals surface area contributed by atoms with Gasteiger partial charge in [-0.05, 0) is 35.3 Å². The van der Waals surface area contributed by atoms with Gasteiger partial charge in [-0.2, -0.15) is 5.26 Å². The lowest BCUT2D eigenvalue weighted by Gasteiger charge is -2.03. The maximum absolute atomic E-state index is 11.6. The molecule has 0 atom stereocenters. The minimum Gasteiger partial charge on any atom is -0.321 e. The number of thioether (sulfide) groups is 1. The number of rotatable bonds is 1. The maximum Gasteiger partial charge on any atom is 0.256 e. The zero-order valence-corrected chi connectivity index (χ0v) is 8.97. The second-order valence-corrected chi connectivity index (χ2v) is 4.31. The smallest absolute Gasteiger partial charge is 0.256 e. The lowest BCUT2D eigenvalue weighted by atomic mass is 10.1. The van der Waals surface area contributed by atoms with Gasteiger partial charge < -0.3 is 5.32 Å². The Hall–Kier alpha value is -1.99. The molecule has 1 aliphatic heterocycles. The number of thiocyanates is 1. The van der Waals surface area contributed by atoms with Gasteiger partial charge in [-0.1, -0.05) is 12.1 Å². The lowest BCUT2D eigenvalue weighted by molar-refractivity contribution is 0.103. The predicted octanol–water partition coefficient (Wildman–Crippen LogP) is 2.98. The molecule has 1 N–H and O–H groups in total. The second-order valence-electron chi connectivity index (χ2n) is 3.49. The standard InChI is InChI=1S/C12H6N2OS/c13-6-16-10-5-4-9-11-7(10)2-1-3-8(11)12(15)14-9/h1-5H,(H,14,15). The fourth-order valence-corrected chi connectivity index (χ4v) is 2.52. The van der Waals surface area contributed by atoms with Crippen LogP contribution in [0.5, 0.6) is 0 Å². The van der Waals surface area contributed by atoms with E-state index in [2.05, 4.69) is 10.7 Å². The van der Waals surface area contributed by atoms with E-state index in [-0.39, 0.29) is 5.91 Å². The van der Waals surface area contributed by atoms with Crippen LogP contribution in [0.2, 0.25) is 0 Å². The van der Waals surface area contributed by atoms with Gasteiger partial charge in [0, 0.05) is 21.5 Å². The second kappa shape index (κ2) is 3.26. The fourth-order valence-electron chi connectivity index (χ4n) is 2.00. The summed E-state index contributed by atoms with van der Waals surface area (Å²) in [6, 6.07) is 9.28. The van der Waals surface area contributed by atoms with Crippen molar-refractivity contribution < 1.29 is 4.79 Å². The van der Waals surface area contributed by atoms with Gasteiger partial charge in [0.15, 0.2) is 0 Å². The molecule has 0 aromatic heterocycles. The first-order valence-electron chi connectivity index (χ1n) is 4.74. The number of nitrogens with one attached hydrogen (secondary N) is 1. The minimum atomic E-state index is -0.0697. The summed E-state index contributed by atoms with van der Waals surface area (Å²) in [5.74, 6) is -0.0697. The van der Waals surface area contributed by atoms with Gasteiger partial charge in [0.05, 0.1) is 0 Å². The highest BCUT2D eigenvalue weighted by Crippen LogP contribution is 2.37. The third-order valence-corrected chi connectivity index (χ3v) is 3.32. The molecule has 16 heavy (non-hydrogen) atoms. The van der Waals surface area contributed by atoms with Crippen molar-refractivity contribution in [1.82, 2.24) is 0 Å². The Labute approximate surface area is 96.1 Å². The number of nitriles is 1. The van der Waals surface area contributed by atoms with Crippen molar-refractivity contribution in [3.63, 3.8) is 0 Å². The van der Waals surface area contributed by atoms with Crippen molar-refractivity contribution in [3.8, 4) is 5.40 Å². The number of hydrogen-bond donors (Lipinski definition) is 1. The molecule has 1 aliphatic rings. The van der Waals surface area contributed by atoms with Crippen LogP contribution in [0, 0.1) is 10.7 Å². The Balaban J connectivity index is 2.42. The molecule has 0 fully saturated rings. The van der Waals surface area contributed by atoms with E-state index in [0.29, 0.717) is 5.56 Å². The average molecular weight is 226 g/mol. The van der Waals surface area contributed by atoms with E-state index < -0.39 is 0 Å². The van der Waals surface area contributed by atoms with Crippen molar-refractivity contribution in [2.75, 3.05) is 5.32 Å². The Bertz CT molecular complexity index is 658. The normalized spacial score (nSPS) is 12.6.